The molecule has 1 rings (SSSR count). The zero-order valence-electron chi connectivity index (χ0n) is 11.8. The normalized spacial score (nSPS) is 11.1. The van der Waals surface area contributed by atoms with Crippen molar-refractivity contribution in [2.45, 2.75) is 39.3 Å². The Morgan fingerprint density at radius 1 is 1.20 bits per heavy atom. The number of nitrogens with one attached hydrogen (secondary N) is 1. The van der Waals surface area contributed by atoms with Crippen molar-refractivity contribution >= 4 is 17.6 Å². The van der Waals surface area contributed by atoms with Gasteiger partial charge in [0.15, 0.2) is 0 Å². The highest BCUT2D eigenvalue weighted by molar-refractivity contribution is 5.75. The van der Waals surface area contributed by atoms with Gasteiger partial charge in [-0.15, -0.1) is 0 Å². The van der Waals surface area contributed by atoms with Crippen LogP contribution < -0.4 is 11.1 Å². The van der Waals surface area contributed by atoms with E-state index in [9.17, 15) is 9.59 Å². The molecule has 0 saturated carbocycles. The largest absolute Gasteiger partial charge is 0.481 e. The summed E-state index contributed by atoms with van der Waals surface area (Å²) in [6.45, 7) is 4.36. The quantitative estimate of drug-likeness (QED) is 0.566. The molecule has 0 aliphatic heterocycles. The van der Waals surface area contributed by atoms with Gasteiger partial charge < -0.3 is 21.3 Å². The summed E-state index contributed by atoms with van der Waals surface area (Å²) < 4.78 is 0. The van der Waals surface area contributed by atoms with Gasteiger partial charge in [-0.2, -0.15) is 0 Å². The molecule has 0 bridgehead atoms. The van der Waals surface area contributed by atoms with E-state index in [1.54, 1.807) is 24.3 Å². The highest BCUT2D eigenvalue weighted by Gasteiger charge is 2.17. The van der Waals surface area contributed by atoms with Gasteiger partial charge in [-0.05, 0) is 24.1 Å². The fourth-order valence-corrected chi connectivity index (χ4v) is 1.46. The highest BCUT2D eigenvalue weighted by Crippen LogP contribution is 2.06. The first-order chi connectivity index (χ1) is 9.49. The number of hydrogen-bond donors (Lipinski definition) is 4. The number of nitrogens with two attached hydrogens (primary N) is 1. The summed E-state index contributed by atoms with van der Waals surface area (Å²) >= 11 is 0. The third-order valence-corrected chi connectivity index (χ3v) is 2.48. The molecule has 1 unspecified atom stereocenters. The number of rotatable bonds is 7. The molecule has 0 fully saturated rings. The van der Waals surface area contributed by atoms with Crippen molar-refractivity contribution in [2.75, 3.05) is 5.73 Å². The molecule has 1 aromatic rings. The van der Waals surface area contributed by atoms with E-state index in [2.05, 4.69) is 5.32 Å². The average molecular weight is 282 g/mol. The molecule has 0 spiro atoms. The number of hydrogen-bond acceptors (Lipinski definition) is 4. The monoisotopic (exact) mass is 282 g/mol. The second-order valence-corrected chi connectivity index (χ2v) is 3.95. The lowest BCUT2D eigenvalue weighted by atomic mass is 10.1. The van der Waals surface area contributed by atoms with E-state index in [1.165, 1.54) is 0 Å². The van der Waals surface area contributed by atoms with Gasteiger partial charge >= 0.3 is 11.9 Å². The minimum Gasteiger partial charge on any atom is -0.481 e. The SMILES string of the molecule is CC.Nc1ccc(CNC(CCC(=O)O)C(=O)O)cc1. The second-order valence-electron chi connectivity index (χ2n) is 3.95. The number of carboxylic acids is 2. The first kappa shape index (κ1) is 17.9. The standard InChI is InChI=1S/C12H16N2O4.C2H6/c13-9-3-1-8(2-4-9)7-14-10(12(17)18)5-6-11(15)16;1-2/h1-4,10,14H,5-7,13H2,(H,15,16)(H,17,18);1-2H3. The summed E-state index contributed by atoms with van der Waals surface area (Å²) in [5.74, 6) is -2.05. The van der Waals surface area contributed by atoms with Gasteiger partial charge in [0.1, 0.15) is 6.04 Å². The maximum absolute atomic E-state index is 10.9. The van der Waals surface area contributed by atoms with Crippen molar-refractivity contribution in [1.82, 2.24) is 5.32 Å². The molecule has 1 atom stereocenters. The number of carbonyl (C=O) groups is 2. The van der Waals surface area contributed by atoms with Crippen LogP contribution in [0.3, 0.4) is 0 Å². The van der Waals surface area contributed by atoms with E-state index in [0.29, 0.717) is 12.2 Å². The van der Waals surface area contributed by atoms with Gasteiger partial charge in [-0.25, -0.2) is 0 Å². The van der Waals surface area contributed by atoms with Gasteiger partial charge in [0, 0.05) is 18.7 Å². The van der Waals surface area contributed by atoms with Gasteiger partial charge in [-0.1, -0.05) is 26.0 Å². The molecule has 6 heteroatoms. The molecule has 0 heterocycles. The summed E-state index contributed by atoms with van der Waals surface area (Å²) in [5, 5.41) is 20.3. The summed E-state index contributed by atoms with van der Waals surface area (Å²) in [7, 11) is 0. The van der Waals surface area contributed by atoms with Crippen LogP contribution in [0, 0.1) is 0 Å². The van der Waals surface area contributed by atoms with Crippen LogP contribution in [0.25, 0.3) is 0 Å². The molecule has 6 nitrogen and oxygen atoms in total. The van der Waals surface area contributed by atoms with Gasteiger partial charge in [0.05, 0.1) is 0 Å². The van der Waals surface area contributed by atoms with E-state index in [4.69, 9.17) is 15.9 Å². The van der Waals surface area contributed by atoms with Gasteiger partial charge in [0.25, 0.3) is 0 Å². The molecule has 0 aromatic heterocycles. The van der Waals surface area contributed by atoms with E-state index >= 15 is 0 Å². The first-order valence-corrected chi connectivity index (χ1v) is 6.51. The molecule has 0 aliphatic rings. The van der Waals surface area contributed by atoms with E-state index in [-0.39, 0.29) is 12.8 Å². The zero-order chi connectivity index (χ0) is 15.5. The van der Waals surface area contributed by atoms with Crippen LogP contribution in [0.5, 0.6) is 0 Å². The van der Waals surface area contributed by atoms with Crippen molar-refractivity contribution in [2.24, 2.45) is 0 Å². The second kappa shape index (κ2) is 9.80. The molecule has 112 valence electrons. The number of aliphatic carboxylic acids is 2. The predicted octanol–water partition coefficient (Wildman–Crippen LogP) is 1.70. The number of anilines is 1. The number of carboxylic acid groups (broad SMARTS) is 2. The first-order valence-electron chi connectivity index (χ1n) is 6.51. The molecule has 0 aliphatic carbocycles. The van der Waals surface area contributed by atoms with Crippen molar-refractivity contribution < 1.29 is 19.8 Å². The molecule has 0 saturated heterocycles. The Kier molecular flexibility index (Phi) is 8.78. The summed E-state index contributed by atoms with van der Waals surface area (Å²) in [4.78, 5) is 21.3. The fourth-order valence-electron chi connectivity index (χ4n) is 1.46. The highest BCUT2D eigenvalue weighted by atomic mass is 16.4. The predicted molar refractivity (Wildman–Crippen MR) is 77.3 cm³/mol. The lowest BCUT2D eigenvalue weighted by Gasteiger charge is -2.13. The van der Waals surface area contributed by atoms with Crippen molar-refractivity contribution in [3.63, 3.8) is 0 Å². The van der Waals surface area contributed by atoms with Crippen molar-refractivity contribution in [3.8, 4) is 0 Å². The zero-order valence-corrected chi connectivity index (χ0v) is 11.8. The van der Waals surface area contributed by atoms with E-state index in [0.717, 1.165) is 5.56 Å². The van der Waals surface area contributed by atoms with Crippen LogP contribution in [0.4, 0.5) is 5.69 Å². The van der Waals surface area contributed by atoms with Crippen LogP contribution in [-0.4, -0.2) is 28.2 Å². The summed E-state index contributed by atoms with van der Waals surface area (Å²) in [5.41, 5.74) is 7.06. The molecule has 0 amide bonds. The Bertz CT molecular complexity index is 418. The Hall–Kier alpha value is -2.08. The molecule has 1 aromatic carbocycles. The maximum atomic E-state index is 10.9. The minimum absolute atomic E-state index is 0.0552. The Morgan fingerprint density at radius 2 is 1.75 bits per heavy atom. The third kappa shape index (κ3) is 7.38. The van der Waals surface area contributed by atoms with Gasteiger partial charge in [0.2, 0.25) is 0 Å². The van der Waals surface area contributed by atoms with Crippen molar-refractivity contribution in [3.05, 3.63) is 29.8 Å². The van der Waals surface area contributed by atoms with Crippen LogP contribution in [0.15, 0.2) is 24.3 Å². The van der Waals surface area contributed by atoms with Crippen LogP contribution in [0.1, 0.15) is 32.3 Å². The third-order valence-electron chi connectivity index (χ3n) is 2.48. The lowest BCUT2D eigenvalue weighted by Crippen LogP contribution is -2.36. The molecular weight excluding hydrogens is 260 g/mol. The number of benzene rings is 1. The smallest absolute Gasteiger partial charge is 0.320 e. The molecule has 5 N–H and O–H groups in total. The van der Waals surface area contributed by atoms with E-state index < -0.39 is 18.0 Å². The summed E-state index contributed by atoms with van der Waals surface area (Å²) in [6, 6.07) is 6.17. The Morgan fingerprint density at radius 3 is 2.20 bits per heavy atom. The maximum Gasteiger partial charge on any atom is 0.320 e. The lowest BCUT2D eigenvalue weighted by molar-refractivity contribution is -0.140. The topological polar surface area (TPSA) is 113 Å². The average Bonchev–Trinajstić information content (AvgIpc) is 2.42. The van der Waals surface area contributed by atoms with Crippen LogP contribution in [0.2, 0.25) is 0 Å². The molecule has 20 heavy (non-hydrogen) atoms. The van der Waals surface area contributed by atoms with Crippen LogP contribution in [-0.2, 0) is 16.1 Å². The number of nitrogen functional groups attached to an aromatic ring is 1. The van der Waals surface area contributed by atoms with E-state index in [1.807, 2.05) is 13.8 Å². The van der Waals surface area contributed by atoms with Crippen LogP contribution >= 0.6 is 0 Å². The molecule has 0 radical (unpaired) electrons. The van der Waals surface area contributed by atoms with Gasteiger partial charge in [-0.3, -0.25) is 9.59 Å². The molecular formula is C14H22N2O4. The fraction of sp³-hybridized carbons (Fsp3) is 0.429. The Balaban J connectivity index is 0.00000172. The van der Waals surface area contributed by atoms with Crippen molar-refractivity contribution in [1.29, 1.82) is 0 Å². The Labute approximate surface area is 118 Å². The minimum atomic E-state index is -1.05. The summed E-state index contributed by atoms with van der Waals surface area (Å²) in [6.07, 6.45) is -0.120.